The van der Waals surface area contributed by atoms with Crippen LogP contribution in [0.1, 0.15) is 43.4 Å². The van der Waals surface area contributed by atoms with Gasteiger partial charge in [-0.15, -0.1) is 0 Å². The normalized spacial score (nSPS) is 30.1. The largest absolute Gasteiger partial charge is 0.390 e. The summed E-state index contributed by atoms with van der Waals surface area (Å²) in [5.74, 6) is 1.13. The monoisotopic (exact) mass is 320 g/mol. The molecule has 0 heterocycles. The molecule has 0 bridgehead atoms. The van der Waals surface area contributed by atoms with E-state index in [1.165, 1.54) is 6.42 Å². The molecule has 3 N–H and O–H groups in total. The molecule has 3 rings (SSSR count). The van der Waals surface area contributed by atoms with Gasteiger partial charge in [-0.25, -0.2) is 4.79 Å². The first-order chi connectivity index (χ1) is 10.7. The Morgan fingerprint density at radius 3 is 2.95 bits per heavy atom. The lowest BCUT2D eigenvalue weighted by Gasteiger charge is -2.20. The fourth-order valence-corrected chi connectivity index (χ4v) is 4.72. The molecule has 120 valence electrons. The fraction of sp³-hybridized carbons (Fsp3) is 0.588. The van der Waals surface area contributed by atoms with Crippen molar-refractivity contribution < 1.29 is 9.90 Å². The number of aliphatic hydroxyl groups excluding tert-OH is 1. The van der Waals surface area contributed by atoms with Gasteiger partial charge < -0.3 is 15.7 Å². The van der Waals surface area contributed by atoms with Gasteiger partial charge in [0.2, 0.25) is 0 Å². The van der Waals surface area contributed by atoms with E-state index in [1.54, 1.807) is 0 Å². The zero-order valence-corrected chi connectivity index (χ0v) is 13.7. The highest BCUT2D eigenvalue weighted by molar-refractivity contribution is 7.99. The summed E-state index contributed by atoms with van der Waals surface area (Å²) in [6.45, 7) is 2.18. The van der Waals surface area contributed by atoms with Crippen molar-refractivity contribution in [2.45, 2.75) is 56.0 Å². The second-order valence-corrected chi connectivity index (χ2v) is 7.73. The number of fused-ring (bicyclic) bond motifs is 1. The van der Waals surface area contributed by atoms with Crippen LogP contribution in [0.15, 0.2) is 24.3 Å². The summed E-state index contributed by atoms with van der Waals surface area (Å²) in [6, 6.07) is 7.73. The van der Waals surface area contributed by atoms with Gasteiger partial charge in [0.05, 0.1) is 12.1 Å². The van der Waals surface area contributed by atoms with E-state index in [-0.39, 0.29) is 18.1 Å². The maximum Gasteiger partial charge on any atom is 0.315 e. The molecule has 1 aromatic rings. The summed E-state index contributed by atoms with van der Waals surface area (Å²) in [6.07, 6.45) is 3.36. The van der Waals surface area contributed by atoms with Gasteiger partial charge in [-0.1, -0.05) is 31.2 Å². The van der Waals surface area contributed by atoms with Crippen LogP contribution >= 0.6 is 11.8 Å². The Hall–Kier alpha value is -1.20. The van der Waals surface area contributed by atoms with Crippen molar-refractivity contribution in [1.82, 2.24) is 10.6 Å². The first-order valence-electron chi connectivity index (χ1n) is 8.12. The van der Waals surface area contributed by atoms with Crippen molar-refractivity contribution in [2.24, 2.45) is 0 Å². The standard InChI is InChI=1S/C17H24N2O2S/c1-2-22-13-8-7-12(10-13)18-17(21)19-16-14-6-4-3-5-11(14)9-15(16)20/h3-6,12-13,15-16,20H,2,7-10H2,1H3,(H2,18,19,21)/t12?,13?,15-,16+/m0/s1. The van der Waals surface area contributed by atoms with E-state index in [4.69, 9.17) is 0 Å². The maximum absolute atomic E-state index is 12.2. The highest BCUT2D eigenvalue weighted by atomic mass is 32.2. The molecule has 4 atom stereocenters. The first kappa shape index (κ1) is 15.7. The van der Waals surface area contributed by atoms with Gasteiger partial charge >= 0.3 is 6.03 Å². The van der Waals surface area contributed by atoms with Crippen LogP contribution in [0.3, 0.4) is 0 Å². The molecule has 2 aliphatic carbocycles. The van der Waals surface area contributed by atoms with E-state index in [1.807, 2.05) is 36.0 Å². The van der Waals surface area contributed by atoms with Crippen LogP contribution in [0.2, 0.25) is 0 Å². The van der Waals surface area contributed by atoms with Gasteiger partial charge in [-0.05, 0) is 36.1 Å². The fourth-order valence-electron chi connectivity index (χ4n) is 3.57. The lowest BCUT2D eigenvalue weighted by molar-refractivity contribution is 0.142. The number of amides is 2. The van der Waals surface area contributed by atoms with Gasteiger partial charge in [0.15, 0.2) is 0 Å². The molecular formula is C17H24N2O2S. The van der Waals surface area contributed by atoms with Crippen LogP contribution < -0.4 is 10.6 Å². The summed E-state index contributed by atoms with van der Waals surface area (Å²) in [7, 11) is 0. The maximum atomic E-state index is 12.2. The average Bonchev–Trinajstić information content (AvgIpc) is 3.05. The lowest BCUT2D eigenvalue weighted by atomic mass is 10.1. The molecule has 5 heteroatoms. The molecule has 22 heavy (non-hydrogen) atoms. The summed E-state index contributed by atoms with van der Waals surface area (Å²) in [5.41, 5.74) is 2.16. The van der Waals surface area contributed by atoms with E-state index in [2.05, 4.69) is 17.6 Å². The Morgan fingerprint density at radius 2 is 2.14 bits per heavy atom. The van der Waals surface area contributed by atoms with Crippen LogP contribution in [-0.4, -0.2) is 34.3 Å². The van der Waals surface area contributed by atoms with Crippen LogP contribution in [-0.2, 0) is 6.42 Å². The van der Waals surface area contributed by atoms with Crippen LogP contribution in [0.4, 0.5) is 4.79 Å². The molecule has 2 unspecified atom stereocenters. The quantitative estimate of drug-likeness (QED) is 0.799. The van der Waals surface area contributed by atoms with E-state index in [0.29, 0.717) is 11.7 Å². The van der Waals surface area contributed by atoms with Crippen LogP contribution in [0.25, 0.3) is 0 Å². The van der Waals surface area contributed by atoms with Crippen molar-refractivity contribution in [3.8, 4) is 0 Å². The molecule has 2 aliphatic rings. The van der Waals surface area contributed by atoms with Crippen molar-refractivity contribution in [2.75, 3.05) is 5.75 Å². The predicted molar refractivity (Wildman–Crippen MR) is 90.1 cm³/mol. The third-order valence-corrected chi connectivity index (χ3v) is 5.85. The number of hydrogen-bond acceptors (Lipinski definition) is 3. The minimum Gasteiger partial charge on any atom is -0.390 e. The Morgan fingerprint density at radius 1 is 1.32 bits per heavy atom. The molecule has 0 saturated heterocycles. The molecule has 1 saturated carbocycles. The minimum atomic E-state index is -0.532. The number of nitrogens with one attached hydrogen (secondary N) is 2. The number of carbonyl (C=O) groups is 1. The Balaban J connectivity index is 1.54. The Labute approximate surface area is 136 Å². The number of carbonyl (C=O) groups excluding carboxylic acids is 1. The highest BCUT2D eigenvalue weighted by Gasteiger charge is 2.33. The number of hydrogen-bond donors (Lipinski definition) is 3. The molecule has 2 amide bonds. The summed E-state index contributed by atoms with van der Waals surface area (Å²) < 4.78 is 0. The average molecular weight is 320 g/mol. The van der Waals surface area contributed by atoms with Gasteiger partial charge in [0.25, 0.3) is 0 Å². The van der Waals surface area contributed by atoms with E-state index in [9.17, 15) is 9.90 Å². The summed E-state index contributed by atoms with van der Waals surface area (Å²) >= 11 is 1.98. The van der Waals surface area contributed by atoms with Gasteiger partial charge in [-0.2, -0.15) is 11.8 Å². The number of benzene rings is 1. The minimum absolute atomic E-state index is 0.159. The first-order valence-corrected chi connectivity index (χ1v) is 9.16. The second kappa shape index (κ2) is 6.92. The van der Waals surface area contributed by atoms with Gasteiger partial charge in [0.1, 0.15) is 0 Å². The molecule has 1 fully saturated rings. The molecule has 0 aromatic heterocycles. The van der Waals surface area contributed by atoms with E-state index in [0.717, 1.165) is 29.7 Å². The second-order valence-electron chi connectivity index (χ2n) is 6.15. The van der Waals surface area contributed by atoms with Crippen molar-refractivity contribution in [3.63, 3.8) is 0 Å². The number of rotatable bonds is 4. The van der Waals surface area contributed by atoms with Crippen LogP contribution in [0.5, 0.6) is 0 Å². The topological polar surface area (TPSA) is 61.4 Å². The molecule has 0 spiro atoms. The zero-order valence-electron chi connectivity index (χ0n) is 12.9. The number of urea groups is 1. The van der Waals surface area contributed by atoms with Crippen LogP contribution in [0, 0.1) is 0 Å². The zero-order chi connectivity index (χ0) is 15.5. The molecule has 1 aromatic carbocycles. The smallest absolute Gasteiger partial charge is 0.315 e. The molecule has 4 nitrogen and oxygen atoms in total. The van der Waals surface area contributed by atoms with Crippen molar-refractivity contribution in [3.05, 3.63) is 35.4 Å². The molecular weight excluding hydrogens is 296 g/mol. The lowest BCUT2D eigenvalue weighted by Crippen LogP contribution is -2.44. The third kappa shape index (κ3) is 3.41. The Bertz CT molecular complexity index is 537. The highest BCUT2D eigenvalue weighted by Crippen LogP contribution is 2.32. The summed E-state index contributed by atoms with van der Waals surface area (Å²) in [5, 5.41) is 16.9. The Kier molecular flexibility index (Phi) is 4.93. The van der Waals surface area contributed by atoms with E-state index < -0.39 is 6.10 Å². The van der Waals surface area contributed by atoms with Crippen molar-refractivity contribution in [1.29, 1.82) is 0 Å². The SMILES string of the molecule is CCSC1CCC(NC(=O)N[C@@H]2c3ccccc3C[C@@H]2O)C1. The number of thioether (sulfide) groups is 1. The summed E-state index contributed by atoms with van der Waals surface area (Å²) in [4.78, 5) is 12.2. The van der Waals surface area contributed by atoms with Gasteiger partial charge in [-0.3, -0.25) is 0 Å². The third-order valence-electron chi connectivity index (χ3n) is 4.61. The predicted octanol–water partition coefficient (Wildman–Crippen LogP) is 2.62. The number of aliphatic hydroxyl groups is 1. The van der Waals surface area contributed by atoms with E-state index >= 15 is 0 Å². The van der Waals surface area contributed by atoms with Gasteiger partial charge in [0, 0.05) is 17.7 Å². The molecule has 0 radical (unpaired) electrons. The molecule has 0 aliphatic heterocycles. The van der Waals surface area contributed by atoms with Crippen molar-refractivity contribution >= 4 is 17.8 Å².